The van der Waals surface area contributed by atoms with Crippen LogP contribution in [-0.2, 0) is 12.0 Å². The summed E-state index contributed by atoms with van der Waals surface area (Å²) in [5.74, 6) is -1.66. The van der Waals surface area contributed by atoms with Gasteiger partial charge in [-0.3, -0.25) is 15.8 Å². The van der Waals surface area contributed by atoms with Crippen LogP contribution in [0, 0.1) is 10.1 Å². The van der Waals surface area contributed by atoms with Crippen molar-refractivity contribution in [1.29, 1.82) is 0 Å². The Labute approximate surface area is 135 Å². The van der Waals surface area contributed by atoms with Gasteiger partial charge in [0.25, 0.3) is 5.69 Å². The lowest BCUT2D eigenvalue weighted by Crippen LogP contribution is -2.51. The van der Waals surface area contributed by atoms with Crippen molar-refractivity contribution in [3.8, 4) is 0 Å². The molecular weight excluding hydrogens is 327 g/mol. The van der Waals surface area contributed by atoms with E-state index in [0.29, 0.717) is 18.2 Å². The predicted molar refractivity (Wildman–Crippen MR) is 81.7 cm³/mol. The zero-order valence-electron chi connectivity index (χ0n) is 12.7. The molecule has 0 aromatic heterocycles. The van der Waals surface area contributed by atoms with E-state index in [2.05, 4.69) is 10.3 Å². The minimum absolute atomic E-state index is 0.0617. The summed E-state index contributed by atoms with van der Waals surface area (Å²) >= 11 is 0. The summed E-state index contributed by atoms with van der Waals surface area (Å²) in [4.78, 5) is 13.7. The molecule has 24 heavy (non-hydrogen) atoms. The molecule has 1 heterocycles. The van der Waals surface area contributed by atoms with Gasteiger partial charge in [0.15, 0.2) is 0 Å². The molecule has 1 aromatic carbocycles. The van der Waals surface area contributed by atoms with Crippen molar-refractivity contribution in [2.75, 3.05) is 0 Å². The molecular formula is C14H16F3N5O2. The molecule has 7 nitrogen and oxygen atoms in total. The molecule has 0 saturated heterocycles. The van der Waals surface area contributed by atoms with Gasteiger partial charge in [0.2, 0.25) is 5.79 Å². The Morgan fingerprint density at radius 3 is 2.62 bits per heavy atom. The van der Waals surface area contributed by atoms with Gasteiger partial charge in [0.1, 0.15) is 11.4 Å². The highest BCUT2D eigenvalue weighted by atomic mass is 19.4. The van der Waals surface area contributed by atoms with Crippen LogP contribution in [0.2, 0.25) is 0 Å². The van der Waals surface area contributed by atoms with Gasteiger partial charge in [-0.05, 0) is 24.6 Å². The summed E-state index contributed by atoms with van der Waals surface area (Å²) in [5, 5.41) is 13.7. The number of rotatable bonds is 4. The first-order chi connectivity index (χ1) is 11.1. The Bertz CT molecular complexity index is 730. The third-order valence-corrected chi connectivity index (χ3v) is 3.44. The lowest BCUT2D eigenvalue weighted by atomic mass is 10.0. The predicted octanol–water partition coefficient (Wildman–Crippen LogP) is 2.33. The zero-order valence-corrected chi connectivity index (χ0v) is 12.7. The first-order valence-corrected chi connectivity index (χ1v) is 7.06. The van der Waals surface area contributed by atoms with E-state index in [4.69, 9.17) is 11.5 Å². The second kappa shape index (κ2) is 6.11. The van der Waals surface area contributed by atoms with Crippen molar-refractivity contribution in [3.05, 3.63) is 51.2 Å². The van der Waals surface area contributed by atoms with Crippen molar-refractivity contribution < 1.29 is 18.1 Å². The van der Waals surface area contributed by atoms with Gasteiger partial charge in [0, 0.05) is 17.3 Å². The first-order valence-electron chi connectivity index (χ1n) is 7.06. The minimum Gasteiger partial charge on any atom is -0.384 e. The van der Waals surface area contributed by atoms with Crippen molar-refractivity contribution in [2.45, 2.75) is 31.7 Å². The van der Waals surface area contributed by atoms with Gasteiger partial charge in [-0.15, -0.1) is 0 Å². The SMILES string of the molecule is CCCC1=CC(N)=NC(N)(c2ccc([N+](=O)[O-])c(C(F)(F)F)c2)N1. The molecule has 1 aromatic rings. The third-order valence-electron chi connectivity index (χ3n) is 3.44. The molecule has 1 unspecified atom stereocenters. The summed E-state index contributed by atoms with van der Waals surface area (Å²) < 4.78 is 39.4. The average Bonchev–Trinajstić information content (AvgIpc) is 2.45. The molecule has 0 radical (unpaired) electrons. The van der Waals surface area contributed by atoms with Crippen LogP contribution in [0.1, 0.15) is 30.9 Å². The lowest BCUT2D eigenvalue weighted by Gasteiger charge is -2.32. The van der Waals surface area contributed by atoms with Gasteiger partial charge in [-0.1, -0.05) is 13.3 Å². The highest BCUT2D eigenvalue weighted by Gasteiger charge is 2.41. The monoisotopic (exact) mass is 343 g/mol. The molecule has 2 rings (SSSR count). The van der Waals surface area contributed by atoms with Crippen LogP contribution in [0.4, 0.5) is 18.9 Å². The molecule has 10 heteroatoms. The number of hydrogen-bond acceptors (Lipinski definition) is 6. The van der Waals surface area contributed by atoms with Crippen LogP contribution >= 0.6 is 0 Å². The van der Waals surface area contributed by atoms with E-state index in [-0.39, 0.29) is 11.4 Å². The summed E-state index contributed by atoms with van der Waals surface area (Å²) in [6.45, 7) is 1.91. The number of nitro groups is 1. The molecule has 1 atom stereocenters. The van der Waals surface area contributed by atoms with Crippen LogP contribution in [0.15, 0.2) is 35.0 Å². The highest BCUT2D eigenvalue weighted by molar-refractivity contribution is 5.93. The number of amidine groups is 1. The van der Waals surface area contributed by atoms with Crippen LogP contribution in [-0.4, -0.2) is 10.8 Å². The third kappa shape index (κ3) is 3.48. The van der Waals surface area contributed by atoms with E-state index in [9.17, 15) is 23.3 Å². The van der Waals surface area contributed by atoms with E-state index < -0.39 is 28.1 Å². The fourth-order valence-corrected chi connectivity index (χ4v) is 2.42. The summed E-state index contributed by atoms with van der Waals surface area (Å²) in [6, 6.07) is 2.51. The Balaban J connectivity index is 2.53. The van der Waals surface area contributed by atoms with E-state index in [0.717, 1.165) is 18.6 Å². The number of alkyl halides is 3. The smallest absolute Gasteiger partial charge is 0.384 e. The first kappa shape index (κ1) is 17.7. The fraction of sp³-hybridized carbons (Fsp3) is 0.357. The molecule has 0 fully saturated rings. The largest absolute Gasteiger partial charge is 0.423 e. The van der Waals surface area contributed by atoms with Gasteiger partial charge in [0.05, 0.1) is 4.92 Å². The molecule has 1 aliphatic rings. The van der Waals surface area contributed by atoms with Crippen LogP contribution in [0.25, 0.3) is 0 Å². The second-order valence-corrected chi connectivity index (χ2v) is 5.33. The van der Waals surface area contributed by atoms with Gasteiger partial charge in [-0.25, -0.2) is 4.99 Å². The standard InChI is InChI=1S/C14H16F3N5O2/c1-2-3-9-7-12(18)21-14(19,20-9)8-4-5-11(22(23)24)10(6-8)13(15,16)17/h4-7,20H,2-3,19H2,1H3,(H2,18,21). The van der Waals surface area contributed by atoms with Crippen molar-refractivity contribution in [3.63, 3.8) is 0 Å². The summed E-state index contributed by atoms with van der Waals surface area (Å²) in [6.07, 6.45) is -2.02. The maximum absolute atomic E-state index is 13.1. The summed E-state index contributed by atoms with van der Waals surface area (Å²) in [5.41, 5.74) is 9.87. The summed E-state index contributed by atoms with van der Waals surface area (Å²) in [7, 11) is 0. The zero-order chi connectivity index (χ0) is 18.1. The van der Waals surface area contributed by atoms with Crippen LogP contribution in [0.3, 0.4) is 0 Å². The second-order valence-electron chi connectivity index (χ2n) is 5.33. The van der Waals surface area contributed by atoms with Crippen LogP contribution in [0.5, 0.6) is 0 Å². The van der Waals surface area contributed by atoms with Gasteiger partial charge in [-0.2, -0.15) is 13.2 Å². The number of nitrogens with one attached hydrogen (secondary N) is 1. The average molecular weight is 343 g/mol. The Morgan fingerprint density at radius 2 is 2.08 bits per heavy atom. The minimum atomic E-state index is -4.90. The Kier molecular flexibility index (Phi) is 4.52. The highest BCUT2D eigenvalue weighted by Crippen LogP contribution is 2.38. The topological polar surface area (TPSA) is 120 Å². The van der Waals surface area contributed by atoms with Crippen molar-refractivity contribution >= 4 is 11.5 Å². The number of aliphatic imine (C=N–C) groups is 1. The van der Waals surface area contributed by atoms with Crippen molar-refractivity contribution in [2.24, 2.45) is 16.5 Å². The van der Waals surface area contributed by atoms with E-state index >= 15 is 0 Å². The van der Waals surface area contributed by atoms with E-state index in [1.54, 1.807) is 6.08 Å². The maximum atomic E-state index is 13.1. The number of nitro benzene ring substituents is 1. The molecule has 0 amide bonds. The number of hydrogen-bond donors (Lipinski definition) is 3. The molecule has 0 saturated carbocycles. The number of nitrogens with two attached hydrogens (primary N) is 2. The molecule has 0 spiro atoms. The molecule has 1 aliphatic heterocycles. The van der Waals surface area contributed by atoms with Gasteiger partial charge >= 0.3 is 6.18 Å². The maximum Gasteiger partial charge on any atom is 0.423 e. The molecule has 0 aliphatic carbocycles. The molecule has 5 N–H and O–H groups in total. The Morgan fingerprint density at radius 1 is 1.42 bits per heavy atom. The van der Waals surface area contributed by atoms with Crippen LogP contribution < -0.4 is 16.8 Å². The van der Waals surface area contributed by atoms with Crippen molar-refractivity contribution in [1.82, 2.24) is 5.32 Å². The van der Waals surface area contributed by atoms with Gasteiger partial charge < -0.3 is 11.1 Å². The number of halogens is 3. The lowest BCUT2D eigenvalue weighted by molar-refractivity contribution is -0.388. The van der Waals surface area contributed by atoms with E-state index in [1.165, 1.54) is 0 Å². The quantitative estimate of drug-likeness (QED) is 0.572. The Hall–Kier alpha value is -2.62. The number of benzene rings is 1. The molecule has 130 valence electrons. The van der Waals surface area contributed by atoms with E-state index in [1.807, 2.05) is 6.92 Å². The fourth-order valence-electron chi connectivity index (χ4n) is 2.42. The number of nitrogens with zero attached hydrogens (tertiary/aromatic N) is 2. The normalized spacial score (nSPS) is 20.9. The molecule has 0 bridgehead atoms. The number of allylic oxidation sites excluding steroid dienone is 1.